The molecule has 1 aromatic heterocycles. The van der Waals surface area contributed by atoms with Crippen LogP contribution in [0.5, 0.6) is 0 Å². The molecule has 0 spiro atoms. The summed E-state index contributed by atoms with van der Waals surface area (Å²) >= 11 is 0. The summed E-state index contributed by atoms with van der Waals surface area (Å²) in [5.74, 6) is 0. The maximum Gasteiger partial charge on any atom is 0.0794 e. The SMILES string of the molecule is c1ccc(C2(c3cccc(-c4ccc(-c5c6ccc7ccccc7c6nc6c5ccc5ccccc56)cc4)c3)c3ccccc3-c3ccccc32)cc1. The maximum atomic E-state index is 5.40. The van der Waals surface area contributed by atoms with Gasteiger partial charge in [0, 0.05) is 27.1 Å². The number of aromatic nitrogens is 1. The molecular weight excluding hydrogens is 639 g/mol. The quantitative estimate of drug-likeness (QED) is 0.134. The number of pyridine rings is 1. The predicted octanol–water partition coefficient (Wildman–Crippen LogP) is 13.4. The molecule has 11 rings (SSSR count). The molecule has 1 aliphatic carbocycles. The number of fused-ring (bicyclic) bond motifs is 9. The Morgan fingerprint density at radius 3 is 1.45 bits per heavy atom. The third kappa shape index (κ3) is 4.35. The smallest absolute Gasteiger partial charge is 0.0794 e. The number of benzene rings is 9. The van der Waals surface area contributed by atoms with Crippen LogP contribution in [0.15, 0.2) is 200 Å². The highest BCUT2D eigenvalue weighted by molar-refractivity contribution is 6.21. The minimum Gasteiger partial charge on any atom is -0.246 e. The Balaban J connectivity index is 1.10. The molecule has 0 saturated heterocycles. The van der Waals surface area contributed by atoms with Crippen molar-refractivity contribution >= 4 is 43.4 Å². The van der Waals surface area contributed by atoms with E-state index >= 15 is 0 Å². The van der Waals surface area contributed by atoms with Crippen LogP contribution in [0, 0.1) is 0 Å². The molecule has 0 aliphatic heterocycles. The number of nitrogens with zero attached hydrogens (tertiary/aromatic N) is 1. The molecule has 10 aromatic rings. The van der Waals surface area contributed by atoms with Crippen LogP contribution in [0.4, 0.5) is 0 Å². The van der Waals surface area contributed by atoms with Crippen LogP contribution in [0.3, 0.4) is 0 Å². The van der Waals surface area contributed by atoms with Crippen molar-refractivity contribution in [1.29, 1.82) is 0 Å². The molecule has 53 heavy (non-hydrogen) atoms. The molecule has 1 heteroatoms. The van der Waals surface area contributed by atoms with Gasteiger partial charge in [-0.05, 0) is 66.9 Å². The molecule has 246 valence electrons. The van der Waals surface area contributed by atoms with Crippen molar-refractivity contribution in [2.75, 3.05) is 0 Å². The predicted molar refractivity (Wildman–Crippen MR) is 222 cm³/mol. The Hall–Kier alpha value is -6.83. The van der Waals surface area contributed by atoms with Gasteiger partial charge in [0.05, 0.1) is 16.4 Å². The lowest BCUT2D eigenvalue weighted by molar-refractivity contribution is 0.769. The Morgan fingerprint density at radius 2 is 0.830 bits per heavy atom. The standard InChI is InChI=1S/C52H33N/c1-2-16-39(17-3-1)52(47-23-10-8-21-43(47)44-22-9-11-24-48(44)52)40-18-12-15-38(33-40)34-25-27-37(28-26-34)49-45-31-29-35-13-4-6-19-41(35)50(45)53-51-42-20-7-5-14-36(42)30-32-46(49)51/h1-33H. The summed E-state index contributed by atoms with van der Waals surface area (Å²) in [7, 11) is 0. The van der Waals surface area contributed by atoms with Gasteiger partial charge >= 0.3 is 0 Å². The largest absolute Gasteiger partial charge is 0.246 e. The first-order valence-corrected chi connectivity index (χ1v) is 18.4. The fourth-order valence-corrected chi connectivity index (χ4v) is 9.20. The Kier molecular flexibility index (Phi) is 6.53. The minimum atomic E-state index is -0.426. The van der Waals surface area contributed by atoms with E-state index in [0.29, 0.717) is 0 Å². The van der Waals surface area contributed by atoms with Crippen LogP contribution in [0.25, 0.3) is 76.7 Å². The van der Waals surface area contributed by atoms with Crippen molar-refractivity contribution in [3.63, 3.8) is 0 Å². The second-order valence-corrected chi connectivity index (χ2v) is 14.2. The van der Waals surface area contributed by atoms with E-state index in [9.17, 15) is 0 Å². The fraction of sp³-hybridized carbons (Fsp3) is 0.0192. The minimum absolute atomic E-state index is 0.426. The molecular formula is C52H33N. The first kappa shape index (κ1) is 29.9. The van der Waals surface area contributed by atoms with E-state index < -0.39 is 5.41 Å². The second-order valence-electron chi connectivity index (χ2n) is 14.2. The highest BCUT2D eigenvalue weighted by Crippen LogP contribution is 2.56. The molecule has 1 nitrogen and oxygen atoms in total. The van der Waals surface area contributed by atoms with Gasteiger partial charge < -0.3 is 0 Å². The van der Waals surface area contributed by atoms with Gasteiger partial charge in [-0.3, -0.25) is 0 Å². The molecule has 0 atom stereocenters. The van der Waals surface area contributed by atoms with Gasteiger partial charge in [0.1, 0.15) is 0 Å². The third-order valence-electron chi connectivity index (χ3n) is 11.5. The zero-order valence-corrected chi connectivity index (χ0v) is 29.0. The van der Waals surface area contributed by atoms with Crippen molar-refractivity contribution in [3.8, 4) is 33.4 Å². The Morgan fingerprint density at radius 1 is 0.321 bits per heavy atom. The lowest BCUT2D eigenvalue weighted by atomic mass is 9.67. The van der Waals surface area contributed by atoms with E-state index in [2.05, 4.69) is 200 Å². The van der Waals surface area contributed by atoms with E-state index in [-0.39, 0.29) is 0 Å². The zero-order valence-electron chi connectivity index (χ0n) is 29.0. The van der Waals surface area contributed by atoms with Gasteiger partial charge in [-0.2, -0.15) is 0 Å². The molecule has 1 aliphatic rings. The topological polar surface area (TPSA) is 12.9 Å². The molecule has 0 fully saturated rings. The van der Waals surface area contributed by atoms with Crippen LogP contribution < -0.4 is 0 Å². The molecule has 0 bridgehead atoms. The Labute approximate surface area is 308 Å². The first-order valence-electron chi connectivity index (χ1n) is 18.4. The lowest BCUT2D eigenvalue weighted by Crippen LogP contribution is -2.28. The molecule has 0 radical (unpaired) electrons. The van der Waals surface area contributed by atoms with E-state index in [0.717, 1.165) is 11.0 Å². The first-order chi connectivity index (χ1) is 26.3. The van der Waals surface area contributed by atoms with E-state index in [1.807, 2.05) is 0 Å². The van der Waals surface area contributed by atoms with Gasteiger partial charge in [-0.25, -0.2) is 4.98 Å². The van der Waals surface area contributed by atoms with Crippen LogP contribution in [0.1, 0.15) is 22.3 Å². The van der Waals surface area contributed by atoms with E-state index in [1.165, 1.54) is 88.0 Å². The van der Waals surface area contributed by atoms with E-state index in [1.54, 1.807) is 0 Å². The van der Waals surface area contributed by atoms with Crippen molar-refractivity contribution < 1.29 is 0 Å². The third-order valence-corrected chi connectivity index (χ3v) is 11.5. The maximum absolute atomic E-state index is 5.40. The van der Waals surface area contributed by atoms with Crippen LogP contribution >= 0.6 is 0 Å². The van der Waals surface area contributed by atoms with E-state index in [4.69, 9.17) is 4.98 Å². The average Bonchev–Trinajstić information content (AvgIpc) is 3.54. The molecule has 0 unspecified atom stereocenters. The van der Waals surface area contributed by atoms with Crippen LogP contribution in [-0.2, 0) is 5.41 Å². The van der Waals surface area contributed by atoms with Crippen molar-refractivity contribution in [2.24, 2.45) is 0 Å². The summed E-state index contributed by atoms with van der Waals surface area (Å²) in [6, 6.07) is 73.5. The highest BCUT2D eigenvalue weighted by Gasteiger charge is 2.45. The summed E-state index contributed by atoms with van der Waals surface area (Å²) in [6.07, 6.45) is 0. The summed E-state index contributed by atoms with van der Waals surface area (Å²) < 4.78 is 0. The van der Waals surface area contributed by atoms with Crippen molar-refractivity contribution in [3.05, 3.63) is 222 Å². The normalized spacial score (nSPS) is 13.1. The van der Waals surface area contributed by atoms with Crippen LogP contribution in [-0.4, -0.2) is 4.98 Å². The van der Waals surface area contributed by atoms with Crippen molar-refractivity contribution in [1.82, 2.24) is 4.98 Å². The zero-order chi connectivity index (χ0) is 34.9. The van der Waals surface area contributed by atoms with Crippen molar-refractivity contribution in [2.45, 2.75) is 5.41 Å². The van der Waals surface area contributed by atoms with Gasteiger partial charge in [0.15, 0.2) is 0 Å². The van der Waals surface area contributed by atoms with Crippen LogP contribution in [0.2, 0.25) is 0 Å². The fourth-order valence-electron chi connectivity index (χ4n) is 9.20. The summed E-state index contributed by atoms with van der Waals surface area (Å²) in [6.45, 7) is 0. The summed E-state index contributed by atoms with van der Waals surface area (Å²) in [5.41, 5.74) is 14.3. The molecule has 1 heterocycles. The second kappa shape index (κ2) is 11.6. The van der Waals surface area contributed by atoms with Gasteiger partial charge in [0.2, 0.25) is 0 Å². The molecule has 0 amide bonds. The molecule has 0 N–H and O–H groups in total. The number of hydrogen-bond acceptors (Lipinski definition) is 1. The number of hydrogen-bond donors (Lipinski definition) is 0. The van der Waals surface area contributed by atoms with Gasteiger partial charge in [-0.1, -0.05) is 194 Å². The van der Waals surface area contributed by atoms with Gasteiger partial charge in [0.25, 0.3) is 0 Å². The summed E-state index contributed by atoms with van der Waals surface area (Å²) in [4.78, 5) is 5.40. The average molecular weight is 672 g/mol. The monoisotopic (exact) mass is 671 g/mol. The molecule has 9 aromatic carbocycles. The van der Waals surface area contributed by atoms with Gasteiger partial charge in [-0.15, -0.1) is 0 Å². The molecule has 0 saturated carbocycles. The summed E-state index contributed by atoms with van der Waals surface area (Å²) in [5, 5.41) is 7.10. The Bertz CT molecular complexity index is 2910. The number of rotatable bonds is 4. The highest BCUT2D eigenvalue weighted by atomic mass is 14.7. The lowest BCUT2D eigenvalue weighted by Gasteiger charge is -2.34.